The number of thioether (sulfide) groups is 1. The van der Waals surface area contributed by atoms with Gasteiger partial charge in [0, 0.05) is 50.1 Å². The van der Waals surface area contributed by atoms with Crippen molar-refractivity contribution in [3.05, 3.63) is 41.4 Å². The van der Waals surface area contributed by atoms with Gasteiger partial charge in [-0.15, -0.1) is 11.3 Å². The van der Waals surface area contributed by atoms with Crippen LogP contribution in [0.5, 0.6) is 0 Å². The summed E-state index contributed by atoms with van der Waals surface area (Å²) in [5.41, 5.74) is 2.22. The van der Waals surface area contributed by atoms with Gasteiger partial charge < -0.3 is 10.2 Å². The molecule has 0 bridgehead atoms. The van der Waals surface area contributed by atoms with Crippen molar-refractivity contribution in [2.24, 2.45) is 0 Å². The van der Waals surface area contributed by atoms with Gasteiger partial charge in [0.25, 0.3) is 0 Å². The van der Waals surface area contributed by atoms with Crippen molar-refractivity contribution in [1.82, 2.24) is 20.1 Å². The van der Waals surface area contributed by atoms with E-state index in [1.165, 1.54) is 0 Å². The summed E-state index contributed by atoms with van der Waals surface area (Å²) in [6, 6.07) is 9.82. The van der Waals surface area contributed by atoms with Crippen LogP contribution in [0.3, 0.4) is 0 Å². The average molecular weight is 447 g/mol. The Bertz CT molecular complexity index is 820. The van der Waals surface area contributed by atoms with E-state index in [1.54, 1.807) is 23.1 Å². The fraction of sp³-hybridized carbons (Fsp3) is 0.500. The van der Waals surface area contributed by atoms with Gasteiger partial charge in [0.1, 0.15) is 11.0 Å². The van der Waals surface area contributed by atoms with Crippen LogP contribution in [0.4, 0.5) is 0 Å². The molecule has 30 heavy (non-hydrogen) atoms. The molecule has 1 aliphatic rings. The maximum atomic E-state index is 13.0. The first kappa shape index (κ1) is 22.8. The molecule has 1 aromatic heterocycles. The number of carbonyl (C=O) groups is 2. The van der Waals surface area contributed by atoms with Crippen molar-refractivity contribution >= 4 is 34.9 Å². The summed E-state index contributed by atoms with van der Waals surface area (Å²) in [6.07, 6.45) is 3.09. The van der Waals surface area contributed by atoms with Crippen molar-refractivity contribution in [2.45, 2.75) is 32.4 Å². The number of piperazine rings is 1. The molecule has 3 rings (SSSR count). The average Bonchev–Trinajstić information content (AvgIpc) is 3.25. The van der Waals surface area contributed by atoms with E-state index in [1.807, 2.05) is 36.3 Å². The van der Waals surface area contributed by atoms with Crippen LogP contribution in [0.25, 0.3) is 10.6 Å². The predicted molar refractivity (Wildman–Crippen MR) is 125 cm³/mol. The first-order valence-electron chi connectivity index (χ1n) is 10.4. The Balaban J connectivity index is 1.51. The summed E-state index contributed by atoms with van der Waals surface area (Å²) in [6.45, 7) is 5.63. The molecule has 0 radical (unpaired) electrons. The Morgan fingerprint density at radius 1 is 1.20 bits per heavy atom. The van der Waals surface area contributed by atoms with Crippen molar-refractivity contribution in [1.29, 1.82) is 0 Å². The number of nitrogens with one attached hydrogen (secondary N) is 1. The van der Waals surface area contributed by atoms with E-state index in [0.717, 1.165) is 41.7 Å². The summed E-state index contributed by atoms with van der Waals surface area (Å²) in [7, 11) is 0. The van der Waals surface area contributed by atoms with Crippen molar-refractivity contribution < 1.29 is 9.59 Å². The number of nitrogens with zero attached hydrogens (tertiary/aromatic N) is 3. The van der Waals surface area contributed by atoms with Crippen LogP contribution in [-0.2, 0) is 16.1 Å². The number of aromatic nitrogens is 1. The van der Waals surface area contributed by atoms with Crippen LogP contribution in [0.1, 0.15) is 25.5 Å². The highest BCUT2D eigenvalue weighted by atomic mass is 32.2. The Labute approximate surface area is 187 Å². The molecule has 1 saturated heterocycles. The molecule has 0 aliphatic carbocycles. The Kier molecular flexibility index (Phi) is 8.72. The van der Waals surface area contributed by atoms with E-state index in [2.05, 4.69) is 27.7 Å². The Morgan fingerprint density at radius 2 is 1.93 bits per heavy atom. The Hall–Kier alpha value is -1.90. The number of thiazole rings is 1. The number of hydrogen-bond donors (Lipinski definition) is 1. The lowest BCUT2D eigenvalue weighted by atomic mass is 10.1. The van der Waals surface area contributed by atoms with Crippen molar-refractivity contribution in [3.63, 3.8) is 0 Å². The number of rotatable bonds is 9. The number of carbonyl (C=O) groups excluding carboxylic acids is 2. The van der Waals surface area contributed by atoms with Gasteiger partial charge in [-0.3, -0.25) is 14.5 Å². The molecule has 1 unspecified atom stereocenters. The second kappa shape index (κ2) is 11.5. The minimum atomic E-state index is -0.413. The fourth-order valence-electron chi connectivity index (χ4n) is 3.46. The quantitative estimate of drug-likeness (QED) is 0.641. The maximum Gasteiger partial charge on any atom is 0.245 e. The first-order chi connectivity index (χ1) is 14.6. The smallest absolute Gasteiger partial charge is 0.245 e. The molecule has 2 heterocycles. The lowest BCUT2D eigenvalue weighted by molar-refractivity contribution is -0.138. The molecular weight excluding hydrogens is 416 g/mol. The topological polar surface area (TPSA) is 65.5 Å². The highest BCUT2D eigenvalue weighted by Crippen LogP contribution is 2.24. The van der Waals surface area contributed by atoms with E-state index in [9.17, 15) is 9.59 Å². The van der Waals surface area contributed by atoms with Crippen LogP contribution in [0.15, 0.2) is 35.7 Å². The van der Waals surface area contributed by atoms with Gasteiger partial charge in [0.2, 0.25) is 11.8 Å². The minimum absolute atomic E-state index is 0.0468. The standard InChI is InChI=1S/C22H30N4O2S2/c1-3-20(27)24-19(9-14-29-2)22(28)26-12-10-25(11-13-26)15-18-16-30-21(23-18)17-7-5-4-6-8-17/h4-8,16,19H,3,9-15H2,1-2H3,(H,24,27). The molecular formula is C22H30N4O2S2. The monoisotopic (exact) mass is 446 g/mol. The summed E-state index contributed by atoms with van der Waals surface area (Å²) in [5.74, 6) is 0.838. The lowest BCUT2D eigenvalue weighted by Crippen LogP contribution is -2.54. The lowest BCUT2D eigenvalue weighted by Gasteiger charge is -2.36. The van der Waals surface area contributed by atoms with E-state index < -0.39 is 6.04 Å². The molecule has 0 spiro atoms. The van der Waals surface area contributed by atoms with Crippen LogP contribution < -0.4 is 5.32 Å². The zero-order valence-corrected chi connectivity index (χ0v) is 19.3. The van der Waals surface area contributed by atoms with Gasteiger partial charge in [0.15, 0.2) is 0 Å². The molecule has 1 aromatic carbocycles. The van der Waals surface area contributed by atoms with Crippen LogP contribution in [0.2, 0.25) is 0 Å². The van der Waals surface area contributed by atoms with Gasteiger partial charge >= 0.3 is 0 Å². The van der Waals surface area contributed by atoms with Crippen molar-refractivity contribution in [3.8, 4) is 10.6 Å². The number of amides is 2. The third kappa shape index (κ3) is 6.30. The second-order valence-corrected chi connectivity index (χ2v) is 9.21. The predicted octanol–water partition coefficient (Wildman–Crippen LogP) is 3.10. The normalized spacial score (nSPS) is 15.7. The zero-order valence-electron chi connectivity index (χ0n) is 17.7. The van der Waals surface area contributed by atoms with Gasteiger partial charge in [-0.25, -0.2) is 4.98 Å². The molecule has 8 heteroatoms. The summed E-state index contributed by atoms with van der Waals surface area (Å²) >= 11 is 3.37. The third-order valence-corrected chi connectivity index (χ3v) is 6.79. The van der Waals surface area contributed by atoms with E-state index in [0.29, 0.717) is 25.9 Å². The molecule has 6 nitrogen and oxygen atoms in total. The molecule has 0 saturated carbocycles. The van der Waals surface area contributed by atoms with E-state index >= 15 is 0 Å². The van der Waals surface area contributed by atoms with Crippen molar-refractivity contribution in [2.75, 3.05) is 38.2 Å². The Morgan fingerprint density at radius 3 is 2.60 bits per heavy atom. The van der Waals surface area contributed by atoms with Crippen LogP contribution >= 0.6 is 23.1 Å². The highest BCUT2D eigenvalue weighted by molar-refractivity contribution is 7.98. The second-order valence-electron chi connectivity index (χ2n) is 7.37. The SMILES string of the molecule is CCC(=O)NC(CCSC)C(=O)N1CCN(Cc2csc(-c3ccccc3)n2)CC1. The molecule has 2 amide bonds. The van der Waals surface area contributed by atoms with Crippen LogP contribution in [-0.4, -0.2) is 70.8 Å². The minimum Gasteiger partial charge on any atom is -0.344 e. The van der Waals surface area contributed by atoms with Crippen LogP contribution in [0, 0.1) is 0 Å². The van der Waals surface area contributed by atoms with E-state index in [-0.39, 0.29) is 11.8 Å². The molecule has 162 valence electrons. The van der Waals surface area contributed by atoms with Gasteiger partial charge in [0.05, 0.1) is 5.69 Å². The molecule has 1 atom stereocenters. The molecule has 1 N–H and O–H groups in total. The number of hydrogen-bond acceptors (Lipinski definition) is 6. The maximum absolute atomic E-state index is 13.0. The third-order valence-electron chi connectivity index (χ3n) is 5.21. The van der Waals surface area contributed by atoms with Gasteiger partial charge in [-0.1, -0.05) is 37.3 Å². The van der Waals surface area contributed by atoms with Gasteiger partial charge in [-0.05, 0) is 18.4 Å². The molecule has 1 aliphatic heterocycles. The summed E-state index contributed by atoms with van der Waals surface area (Å²) < 4.78 is 0. The largest absolute Gasteiger partial charge is 0.344 e. The molecule has 2 aromatic rings. The zero-order chi connectivity index (χ0) is 21.3. The fourth-order valence-corrected chi connectivity index (χ4v) is 4.75. The van der Waals surface area contributed by atoms with E-state index in [4.69, 9.17) is 4.98 Å². The van der Waals surface area contributed by atoms with Gasteiger partial charge in [-0.2, -0.15) is 11.8 Å². The highest BCUT2D eigenvalue weighted by Gasteiger charge is 2.28. The number of benzene rings is 1. The summed E-state index contributed by atoms with van der Waals surface area (Å²) in [5, 5.41) is 6.07. The summed E-state index contributed by atoms with van der Waals surface area (Å²) in [4.78, 5) is 33.8. The first-order valence-corrected chi connectivity index (χ1v) is 12.7. The molecule has 1 fully saturated rings.